The van der Waals surface area contributed by atoms with Crippen LogP contribution in [-0.4, -0.2) is 49.2 Å². The predicted octanol–water partition coefficient (Wildman–Crippen LogP) is 4.30. The fourth-order valence-corrected chi connectivity index (χ4v) is 6.25. The van der Waals surface area contributed by atoms with Gasteiger partial charge in [0.25, 0.3) is 20.0 Å². The second-order valence-electron chi connectivity index (χ2n) is 9.69. The minimum absolute atomic E-state index is 0.109. The first-order valence-corrected chi connectivity index (χ1v) is 15.4. The Morgan fingerprint density at radius 3 is 1.23 bits per heavy atom. The van der Waals surface area contributed by atoms with Gasteiger partial charge in [0.1, 0.15) is 22.6 Å². The van der Waals surface area contributed by atoms with E-state index in [9.17, 15) is 46.9 Å². The highest BCUT2D eigenvalue weighted by Gasteiger charge is 2.24. The second-order valence-corrected chi connectivity index (χ2v) is 13.1. The van der Waals surface area contributed by atoms with E-state index in [1.54, 1.807) is 38.1 Å². The van der Waals surface area contributed by atoms with Crippen LogP contribution in [0, 0.1) is 13.8 Å². The zero-order valence-corrected chi connectivity index (χ0v) is 24.3. The van der Waals surface area contributed by atoms with Crippen LogP contribution >= 0.6 is 0 Å². The number of aromatic hydroxyl groups is 2. The van der Waals surface area contributed by atoms with Gasteiger partial charge in [0.05, 0.1) is 21.2 Å². The summed E-state index contributed by atoms with van der Waals surface area (Å²) >= 11 is 0. The summed E-state index contributed by atoms with van der Waals surface area (Å²) in [5.74, 6) is -4.73. The number of carboxylic acids is 2. The fourth-order valence-electron chi connectivity index (χ4n) is 4.17. The third kappa shape index (κ3) is 6.88. The molecule has 0 fully saturated rings. The number of carbonyl (C=O) groups is 2. The van der Waals surface area contributed by atoms with Gasteiger partial charge in [-0.3, -0.25) is 9.44 Å². The normalized spacial score (nSPS) is 11.6. The Morgan fingerprint density at radius 1 is 0.605 bits per heavy atom. The third-order valence-electron chi connectivity index (χ3n) is 6.39. The zero-order valence-electron chi connectivity index (χ0n) is 22.7. The number of aromatic carboxylic acids is 2. The molecule has 0 aromatic heterocycles. The standard InChI is InChI=1S/C29H26N2O10S2/c1-16-3-7-22(8-4-16)42(38,39)30-20-12-18(26(32)24(14-20)28(34)35)11-19-13-21(15-25(27(19)33)29(36)37)31-43(40,41)23-9-5-17(2)6-10-23/h3-10,12-15,30-33H,11H2,1-2H3,(H,34,35)(H,36,37). The van der Waals surface area contributed by atoms with Gasteiger partial charge < -0.3 is 20.4 Å². The third-order valence-corrected chi connectivity index (χ3v) is 9.18. The van der Waals surface area contributed by atoms with Crippen LogP contribution in [0.4, 0.5) is 11.4 Å². The van der Waals surface area contributed by atoms with Crippen LogP contribution in [0.3, 0.4) is 0 Å². The molecule has 0 saturated heterocycles. The average Bonchev–Trinajstić information content (AvgIpc) is 2.91. The fraction of sp³-hybridized carbons (Fsp3) is 0.103. The molecule has 224 valence electrons. The van der Waals surface area contributed by atoms with E-state index in [1.165, 1.54) is 24.3 Å². The first kappa shape index (κ1) is 30.9. The van der Waals surface area contributed by atoms with Crippen molar-refractivity contribution in [3.05, 3.63) is 106 Å². The number of phenols is 2. The van der Waals surface area contributed by atoms with Crippen molar-refractivity contribution in [1.82, 2.24) is 0 Å². The van der Waals surface area contributed by atoms with Gasteiger partial charge >= 0.3 is 11.9 Å². The lowest BCUT2D eigenvalue weighted by Crippen LogP contribution is -2.14. The molecule has 0 aliphatic carbocycles. The van der Waals surface area contributed by atoms with Crippen LogP contribution in [0.15, 0.2) is 82.6 Å². The molecule has 0 unspecified atom stereocenters. The Hall–Kier alpha value is -5.08. The first-order valence-electron chi connectivity index (χ1n) is 12.4. The molecule has 6 N–H and O–H groups in total. The number of carboxylic acid groups (broad SMARTS) is 2. The number of nitrogens with one attached hydrogen (secondary N) is 2. The van der Waals surface area contributed by atoms with Gasteiger partial charge in [0, 0.05) is 17.5 Å². The summed E-state index contributed by atoms with van der Waals surface area (Å²) in [6.07, 6.45) is -0.515. The molecule has 4 aromatic carbocycles. The number of benzene rings is 4. The Kier molecular flexibility index (Phi) is 8.37. The van der Waals surface area contributed by atoms with Crippen LogP contribution < -0.4 is 9.44 Å². The average molecular weight is 627 g/mol. The number of hydrogen-bond donors (Lipinski definition) is 6. The highest BCUT2D eigenvalue weighted by molar-refractivity contribution is 7.93. The molecule has 0 amide bonds. The van der Waals surface area contributed by atoms with Gasteiger partial charge in [-0.2, -0.15) is 0 Å². The Morgan fingerprint density at radius 2 is 0.930 bits per heavy atom. The molecule has 12 nitrogen and oxygen atoms in total. The van der Waals surface area contributed by atoms with Crippen molar-refractivity contribution in [2.45, 2.75) is 30.1 Å². The maximum atomic E-state index is 12.9. The highest BCUT2D eigenvalue weighted by Crippen LogP contribution is 2.35. The Bertz CT molecular complexity index is 1810. The van der Waals surface area contributed by atoms with E-state index in [0.29, 0.717) is 0 Å². The number of aryl methyl sites for hydroxylation is 2. The van der Waals surface area contributed by atoms with Crippen molar-refractivity contribution < 1.29 is 46.9 Å². The van der Waals surface area contributed by atoms with Gasteiger partial charge in [0.2, 0.25) is 0 Å². The van der Waals surface area contributed by atoms with Gasteiger partial charge in [-0.1, -0.05) is 35.4 Å². The molecule has 4 aromatic rings. The minimum atomic E-state index is -4.19. The lowest BCUT2D eigenvalue weighted by Gasteiger charge is -2.16. The summed E-state index contributed by atoms with van der Waals surface area (Å²) in [6.45, 7) is 3.53. The van der Waals surface area contributed by atoms with Crippen LogP contribution in [0.25, 0.3) is 0 Å². The van der Waals surface area contributed by atoms with E-state index in [2.05, 4.69) is 9.44 Å². The summed E-state index contributed by atoms with van der Waals surface area (Å²) in [5, 5.41) is 40.7. The van der Waals surface area contributed by atoms with Gasteiger partial charge in [-0.25, -0.2) is 26.4 Å². The predicted molar refractivity (Wildman–Crippen MR) is 157 cm³/mol. The van der Waals surface area contributed by atoms with E-state index in [0.717, 1.165) is 35.4 Å². The van der Waals surface area contributed by atoms with E-state index in [1.807, 2.05) is 0 Å². The topological polar surface area (TPSA) is 207 Å². The Labute approximate surface area is 247 Å². The smallest absolute Gasteiger partial charge is 0.339 e. The Balaban J connectivity index is 1.77. The lowest BCUT2D eigenvalue weighted by atomic mass is 9.97. The molecule has 0 radical (unpaired) electrons. The largest absolute Gasteiger partial charge is 0.507 e. The lowest BCUT2D eigenvalue weighted by molar-refractivity contribution is 0.0682. The molecule has 0 bridgehead atoms. The molecule has 0 aliphatic heterocycles. The molecular formula is C29H26N2O10S2. The van der Waals surface area contributed by atoms with Gasteiger partial charge in [-0.15, -0.1) is 0 Å². The first-order chi connectivity index (χ1) is 20.1. The van der Waals surface area contributed by atoms with E-state index >= 15 is 0 Å². The second kappa shape index (κ2) is 11.7. The van der Waals surface area contributed by atoms with Crippen LogP contribution in [0.1, 0.15) is 43.0 Å². The van der Waals surface area contributed by atoms with Crippen LogP contribution in [0.2, 0.25) is 0 Å². The van der Waals surface area contributed by atoms with Gasteiger partial charge in [-0.05, 0) is 62.4 Å². The SMILES string of the molecule is Cc1ccc(S(=O)(=O)Nc2cc(Cc3cc(NS(=O)(=O)c4ccc(C)cc4)cc(C(=O)O)c3O)c(O)c(C(=O)O)c2)cc1. The van der Waals surface area contributed by atoms with Crippen molar-refractivity contribution in [2.75, 3.05) is 9.44 Å². The maximum absolute atomic E-state index is 12.9. The maximum Gasteiger partial charge on any atom is 0.339 e. The van der Waals surface area contributed by atoms with Crippen LogP contribution in [-0.2, 0) is 26.5 Å². The van der Waals surface area contributed by atoms with Crippen molar-refractivity contribution in [3.63, 3.8) is 0 Å². The van der Waals surface area contributed by atoms with Crippen molar-refractivity contribution in [2.24, 2.45) is 0 Å². The zero-order chi connectivity index (χ0) is 31.7. The summed E-state index contributed by atoms with van der Waals surface area (Å²) in [4.78, 5) is 23.6. The highest BCUT2D eigenvalue weighted by atomic mass is 32.2. The molecule has 0 spiro atoms. The van der Waals surface area contributed by atoms with Crippen molar-refractivity contribution >= 4 is 43.4 Å². The van der Waals surface area contributed by atoms with E-state index in [4.69, 9.17) is 0 Å². The molecule has 4 rings (SSSR count). The van der Waals surface area contributed by atoms with Crippen LogP contribution in [0.5, 0.6) is 11.5 Å². The number of anilines is 2. The molecule has 0 aliphatic rings. The van der Waals surface area contributed by atoms with Crippen molar-refractivity contribution in [3.8, 4) is 11.5 Å². The molecule has 0 atom stereocenters. The number of hydrogen-bond acceptors (Lipinski definition) is 8. The molecule has 0 saturated carbocycles. The number of rotatable bonds is 10. The monoisotopic (exact) mass is 626 g/mol. The summed E-state index contributed by atoms with van der Waals surface area (Å²) in [5.41, 5.74) is -0.606. The summed E-state index contributed by atoms with van der Waals surface area (Å²) in [7, 11) is -8.37. The molecule has 0 heterocycles. The summed E-state index contributed by atoms with van der Waals surface area (Å²) in [6, 6.07) is 15.8. The summed E-state index contributed by atoms with van der Waals surface area (Å²) < 4.78 is 56.3. The minimum Gasteiger partial charge on any atom is -0.507 e. The molecule has 14 heteroatoms. The number of sulfonamides is 2. The molecular weight excluding hydrogens is 600 g/mol. The van der Waals surface area contributed by atoms with E-state index in [-0.39, 0.29) is 32.3 Å². The van der Waals surface area contributed by atoms with E-state index < -0.39 is 61.0 Å². The quantitative estimate of drug-likeness (QED) is 0.138. The van der Waals surface area contributed by atoms with Crippen molar-refractivity contribution in [1.29, 1.82) is 0 Å². The van der Waals surface area contributed by atoms with Gasteiger partial charge in [0.15, 0.2) is 0 Å². The molecule has 43 heavy (non-hydrogen) atoms.